The Bertz CT molecular complexity index is 232. The Balaban J connectivity index is 2.40. The van der Waals surface area contributed by atoms with Gasteiger partial charge in [-0.1, -0.05) is 38.4 Å². The van der Waals surface area contributed by atoms with Gasteiger partial charge in [0.2, 0.25) is 0 Å². The second-order valence-electron chi connectivity index (χ2n) is 4.99. The zero-order chi connectivity index (χ0) is 12.1. The monoisotopic (exact) mass is 243 g/mol. The van der Waals surface area contributed by atoms with Crippen molar-refractivity contribution >= 4 is 24.2 Å². The van der Waals surface area contributed by atoms with E-state index in [1.165, 1.54) is 19.3 Å². The van der Waals surface area contributed by atoms with Crippen LogP contribution in [0.1, 0.15) is 45.4 Å². The predicted molar refractivity (Wildman–Crippen MR) is 71.4 cm³/mol. The first kappa shape index (κ1) is 14.1. The standard InChI is InChI=1S/C11H22BNO2S/c1-8(12(14)15)7-10(16)11(13)9-5-3-2-4-6-9/h8-9,11,14-15H,2-7,13H2,1H3/t8-,11+/m1/s1. The Morgan fingerprint density at radius 3 is 2.44 bits per heavy atom. The lowest BCUT2D eigenvalue weighted by Gasteiger charge is -2.28. The van der Waals surface area contributed by atoms with Crippen molar-refractivity contribution in [1.29, 1.82) is 0 Å². The molecular weight excluding hydrogens is 221 g/mol. The lowest BCUT2D eigenvalue weighted by atomic mass is 9.70. The third kappa shape index (κ3) is 4.13. The van der Waals surface area contributed by atoms with Crippen molar-refractivity contribution in [3.8, 4) is 0 Å². The molecule has 1 aliphatic rings. The van der Waals surface area contributed by atoms with Crippen molar-refractivity contribution < 1.29 is 10.0 Å². The molecule has 0 unspecified atom stereocenters. The molecular formula is C11H22BNO2S. The molecule has 3 nitrogen and oxygen atoms in total. The topological polar surface area (TPSA) is 66.5 Å². The zero-order valence-corrected chi connectivity index (χ0v) is 10.7. The van der Waals surface area contributed by atoms with Gasteiger partial charge in [-0.3, -0.25) is 0 Å². The summed E-state index contributed by atoms with van der Waals surface area (Å²) in [6.07, 6.45) is 6.67. The highest BCUT2D eigenvalue weighted by molar-refractivity contribution is 7.80. The Hall–Kier alpha value is 0.0349. The predicted octanol–water partition coefficient (Wildman–Crippen LogP) is 1.52. The van der Waals surface area contributed by atoms with Gasteiger partial charge in [-0.25, -0.2) is 0 Å². The molecule has 1 saturated carbocycles. The SMILES string of the molecule is C[C@H](CC(=S)[C@@H](N)C1CCCCC1)B(O)O. The molecule has 0 spiro atoms. The van der Waals surface area contributed by atoms with Crippen LogP contribution in [0.3, 0.4) is 0 Å². The molecule has 0 aromatic carbocycles. The van der Waals surface area contributed by atoms with E-state index in [0.29, 0.717) is 12.3 Å². The fraction of sp³-hybridized carbons (Fsp3) is 0.909. The highest BCUT2D eigenvalue weighted by Gasteiger charge is 2.27. The summed E-state index contributed by atoms with van der Waals surface area (Å²) in [6.45, 7) is 1.78. The van der Waals surface area contributed by atoms with E-state index in [-0.39, 0.29) is 11.9 Å². The molecule has 0 radical (unpaired) electrons. The molecule has 0 amide bonds. The van der Waals surface area contributed by atoms with E-state index in [4.69, 9.17) is 28.0 Å². The molecule has 1 fully saturated rings. The van der Waals surface area contributed by atoms with Crippen LogP contribution < -0.4 is 5.73 Å². The van der Waals surface area contributed by atoms with Crippen molar-refractivity contribution in [1.82, 2.24) is 0 Å². The van der Waals surface area contributed by atoms with Gasteiger partial charge in [0.05, 0.1) is 0 Å². The van der Waals surface area contributed by atoms with E-state index in [1.54, 1.807) is 6.92 Å². The number of rotatable bonds is 5. The van der Waals surface area contributed by atoms with Gasteiger partial charge in [-0.2, -0.15) is 0 Å². The molecule has 0 bridgehead atoms. The van der Waals surface area contributed by atoms with Gasteiger partial charge in [0.15, 0.2) is 0 Å². The minimum Gasteiger partial charge on any atom is -0.427 e. The number of thiocarbonyl (C=S) groups is 1. The number of hydrogen-bond donors (Lipinski definition) is 3. The Labute approximate surface area is 104 Å². The van der Waals surface area contributed by atoms with Crippen molar-refractivity contribution in [2.75, 3.05) is 0 Å². The lowest BCUT2D eigenvalue weighted by molar-refractivity contribution is 0.340. The van der Waals surface area contributed by atoms with Crippen molar-refractivity contribution in [2.24, 2.45) is 11.7 Å². The van der Waals surface area contributed by atoms with Gasteiger partial charge in [0.25, 0.3) is 0 Å². The molecule has 2 atom stereocenters. The van der Waals surface area contributed by atoms with Gasteiger partial charge >= 0.3 is 7.12 Å². The molecule has 5 heteroatoms. The summed E-state index contributed by atoms with van der Waals surface area (Å²) in [5.41, 5.74) is 6.14. The van der Waals surface area contributed by atoms with Crippen molar-refractivity contribution in [2.45, 2.75) is 57.3 Å². The molecule has 0 aromatic rings. The molecule has 0 saturated heterocycles. The van der Waals surface area contributed by atoms with Crippen LogP contribution in [0.25, 0.3) is 0 Å². The summed E-state index contributed by atoms with van der Waals surface area (Å²) in [5, 5.41) is 18.0. The molecule has 92 valence electrons. The van der Waals surface area contributed by atoms with Crippen molar-refractivity contribution in [3.63, 3.8) is 0 Å². The van der Waals surface area contributed by atoms with Crippen LogP contribution in [-0.4, -0.2) is 28.1 Å². The minimum absolute atomic E-state index is 0.0449. The van der Waals surface area contributed by atoms with Crippen LogP contribution >= 0.6 is 12.2 Å². The number of nitrogens with two attached hydrogens (primary N) is 1. The second kappa shape index (κ2) is 6.69. The molecule has 4 N–H and O–H groups in total. The fourth-order valence-electron chi connectivity index (χ4n) is 2.32. The van der Waals surface area contributed by atoms with Crippen LogP contribution in [0.2, 0.25) is 5.82 Å². The van der Waals surface area contributed by atoms with E-state index < -0.39 is 7.12 Å². The van der Waals surface area contributed by atoms with Crippen LogP contribution in [-0.2, 0) is 0 Å². The van der Waals surface area contributed by atoms with E-state index >= 15 is 0 Å². The Kier molecular flexibility index (Phi) is 5.90. The van der Waals surface area contributed by atoms with Gasteiger partial charge in [0.1, 0.15) is 0 Å². The Morgan fingerprint density at radius 2 is 1.94 bits per heavy atom. The molecule has 16 heavy (non-hydrogen) atoms. The summed E-state index contributed by atoms with van der Waals surface area (Å²) in [5.74, 6) is 0.284. The largest absolute Gasteiger partial charge is 0.454 e. The molecule has 1 aliphatic carbocycles. The average Bonchev–Trinajstić information content (AvgIpc) is 2.28. The smallest absolute Gasteiger partial charge is 0.427 e. The third-order valence-electron chi connectivity index (χ3n) is 3.56. The zero-order valence-electron chi connectivity index (χ0n) is 9.93. The summed E-state index contributed by atoms with van der Waals surface area (Å²) >= 11 is 5.31. The quantitative estimate of drug-likeness (QED) is 0.506. The maximum absolute atomic E-state index is 9.02. The fourth-order valence-corrected chi connectivity index (χ4v) is 2.77. The molecule has 0 aliphatic heterocycles. The first-order valence-corrected chi connectivity index (χ1v) is 6.57. The summed E-state index contributed by atoms with van der Waals surface area (Å²) in [4.78, 5) is 0.799. The summed E-state index contributed by atoms with van der Waals surface area (Å²) in [6, 6.07) is -0.0449. The number of hydrogen-bond acceptors (Lipinski definition) is 4. The highest BCUT2D eigenvalue weighted by Crippen LogP contribution is 2.27. The molecule has 0 aromatic heterocycles. The van der Waals surface area contributed by atoms with Crippen LogP contribution in [0.15, 0.2) is 0 Å². The first-order chi connectivity index (χ1) is 7.52. The van der Waals surface area contributed by atoms with E-state index in [9.17, 15) is 0 Å². The van der Waals surface area contributed by atoms with E-state index in [0.717, 1.165) is 17.7 Å². The van der Waals surface area contributed by atoms with E-state index in [1.807, 2.05) is 0 Å². The maximum atomic E-state index is 9.02. The second-order valence-corrected chi connectivity index (χ2v) is 5.51. The van der Waals surface area contributed by atoms with Gasteiger partial charge in [-0.05, 0) is 31.0 Å². The van der Waals surface area contributed by atoms with Gasteiger partial charge in [0, 0.05) is 10.9 Å². The lowest BCUT2D eigenvalue weighted by Crippen LogP contribution is -2.39. The summed E-state index contributed by atoms with van der Waals surface area (Å²) in [7, 11) is -1.29. The highest BCUT2D eigenvalue weighted by atomic mass is 32.1. The maximum Gasteiger partial charge on any atom is 0.454 e. The van der Waals surface area contributed by atoms with Gasteiger partial charge in [-0.15, -0.1) is 0 Å². The molecule has 0 heterocycles. The van der Waals surface area contributed by atoms with E-state index in [2.05, 4.69) is 0 Å². The first-order valence-electron chi connectivity index (χ1n) is 6.16. The van der Waals surface area contributed by atoms with Crippen molar-refractivity contribution in [3.05, 3.63) is 0 Å². The van der Waals surface area contributed by atoms with Crippen LogP contribution in [0, 0.1) is 5.92 Å². The summed E-state index contributed by atoms with van der Waals surface area (Å²) < 4.78 is 0. The average molecular weight is 243 g/mol. The normalized spacial score (nSPS) is 21.5. The third-order valence-corrected chi connectivity index (χ3v) is 4.00. The molecule has 1 rings (SSSR count). The minimum atomic E-state index is -1.29. The van der Waals surface area contributed by atoms with Gasteiger partial charge < -0.3 is 15.8 Å². The van der Waals surface area contributed by atoms with Crippen LogP contribution in [0.4, 0.5) is 0 Å². The Morgan fingerprint density at radius 1 is 1.38 bits per heavy atom. The van der Waals surface area contributed by atoms with Crippen LogP contribution in [0.5, 0.6) is 0 Å².